The van der Waals surface area contributed by atoms with Gasteiger partial charge in [0.15, 0.2) is 5.82 Å². The van der Waals surface area contributed by atoms with Gasteiger partial charge in [-0.1, -0.05) is 0 Å². The van der Waals surface area contributed by atoms with Gasteiger partial charge in [0.2, 0.25) is 11.8 Å². The fourth-order valence-electron chi connectivity index (χ4n) is 3.99. The van der Waals surface area contributed by atoms with Crippen molar-refractivity contribution in [2.75, 3.05) is 25.6 Å². The normalized spacial score (nSPS) is 14.8. The third-order valence-corrected chi connectivity index (χ3v) is 5.88. The Morgan fingerprint density at radius 2 is 2.00 bits per heavy atom. The topological polar surface area (TPSA) is 93.1 Å². The van der Waals surface area contributed by atoms with Gasteiger partial charge in [0.25, 0.3) is 0 Å². The highest BCUT2D eigenvalue weighted by Gasteiger charge is 2.26. The second kappa shape index (κ2) is 9.89. The minimum Gasteiger partial charge on any atom is -0.481 e. The Labute approximate surface area is 192 Å². The molecule has 9 heteroatoms. The molecule has 0 saturated carbocycles. The highest BCUT2D eigenvalue weighted by Crippen LogP contribution is 2.28. The van der Waals surface area contributed by atoms with Crippen LogP contribution in [0.5, 0.6) is 5.88 Å². The van der Waals surface area contributed by atoms with Gasteiger partial charge in [0.05, 0.1) is 31.6 Å². The molecule has 0 aliphatic carbocycles. The Hall–Kier alpha value is -3.62. The molecule has 1 atom stereocenters. The molecule has 0 radical (unpaired) electrons. The molecular formula is C24H27FN6O2. The smallest absolute Gasteiger partial charge is 0.231 e. The minimum atomic E-state index is -0.670. The number of methoxy groups -OCH3 is 1. The fourth-order valence-corrected chi connectivity index (χ4v) is 3.99. The highest BCUT2D eigenvalue weighted by atomic mass is 19.1. The van der Waals surface area contributed by atoms with Crippen LogP contribution in [0.1, 0.15) is 42.5 Å². The van der Waals surface area contributed by atoms with E-state index in [4.69, 9.17) is 9.72 Å². The van der Waals surface area contributed by atoms with Crippen molar-refractivity contribution in [2.24, 2.45) is 0 Å². The van der Waals surface area contributed by atoms with E-state index in [1.807, 2.05) is 6.92 Å². The maximum atomic E-state index is 14.4. The van der Waals surface area contributed by atoms with E-state index >= 15 is 0 Å². The number of pyridine rings is 2. The molecule has 1 N–H and O–H groups in total. The number of hydrogen-bond donors (Lipinski definition) is 1. The van der Waals surface area contributed by atoms with Crippen molar-refractivity contribution < 1.29 is 13.9 Å². The first-order valence-corrected chi connectivity index (χ1v) is 11.0. The summed E-state index contributed by atoms with van der Waals surface area (Å²) < 4.78 is 19.5. The number of hydrogen-bond acceptors (Lipinski definition) is 7. The van der Waals surface area contributed by atoms with Crippen molar-refractivity contribution in [1.29, 1.82) is 0 Å². The maximum absolute atomic E-state index is 14.4. The first-order chi connectivity index (χ1) is 16.0. The quantitative estimate of drug-likeness (QED) is 0.647. The van der Waals surface area contributed by atoms with E-state index in [0.717, 1.165) is 48.1 Å². The van der Waals surface area contributed by atoms with Crippen molar-refractivity contribution >= 4 is 11.7 Å². The molecule has 1 aliphatic rings. The molecule has 4 rings (SSSR count). The summed E-state index contributed by atoms with van der Waals surface area (Å²) in [6.45, 7) is 4.48. The van der Waals surface area contributed by atoms with Gasteiger partial charge in [-0.15, -0.1) is 0 Å². The Bertz CT molecular complexity index is 1140. The largest absolute Gasteiger partial charge is 0.481 e. The third kappa shape index (κ3) is 4.92. The van der Waals surface area contributed by atoms with Crippen LogP contribution in [0.3, 0.4) is 0 Å². The van der Waals surface area contributed by atoms with Crippen LogP contribution >= 0.6 is 0 Å². The lowest BCUT2D eigenvalue weighted by atomic mass is 10.00. The molecule has 0 bridgehead atoms. The van der Waals surface area contributed by atoms with E-state index in [-0.39, 0.29) is 24.0 Å². The molecule has 1 amide bonds. The minimum absolute atomic E-state index is 0.163. The summed E-state index contributed by atoms with van der Waals surface area (Å²) >= 11 is 0. The summed E-state index contributed by atoms with van der Waals surface area (Å²) in [5, 5.41) is 3.32. The fraction of sp³-hybridized carbons (Fsp3) is 0.375. The lowest BCUT2D eigenvalue weighted by Gasteiger charge is -2.26. The standard InChI is InChI=1S/C24H27FN6O2/c1-15(18-12-21(33-3)28-13-20(18)25)24(32)31-10-5-4-7-17-11-19(23-26-8-6-9-27-23)16(2)30-22(17)29-14-31/h6,8-9,11-13,15H,4-5,7,10,14H2,1-3H3,(H,29,30)/t15-/m0/s1. The van der Waals surface area contributed by atoms with Crippen molar-refractivity contribution in [3.05, 3.63) is 59.4 Å². The van der Waals surface area contributed by atoms with Crippen molar-refractivity contribution in [1.82, 2.24) is 24.8 Å². The molecule has 4 heterocycles. The number of carbonyl (C=O) groups is 1. The maximum Gasteiger partial charge on any atom is 0.231 e. The van der Waals surface area contributed by atoms with Gasteiger partial charge in [-0.05, 0) is 50.8 Å². The van der Waals surface area contributed by atoms with Gasteiger partial charge in [-0.2, -0.15) is 0 Å². The van der Waals surface area contributed by atoms with Gasteiger partial charge in [-0.25, -0.2) is 24.3 Å². The molecule has 0 unspecified atom stereocenters. The van der Waals surface area contributed by atoms with Crippen LogP contribution in [0.15, 0.2) is 36.8 Å². The lowest BCUT2D eigenvalue weighted by molar-refractivity contribution is -0.132. The highest BCUT2D eigenvalue weighted by molar-refractivity contribution is 5.83. The molecule has 0 aromatic carbocycles. The number of nitrogens with one attached hydrogen (secondary N) is 1. The number of ether oxygens (including phenoxy) is 1. The van der Waals surface area contributed by atoms with Gasteiger partial charge in [0, 0.05) is 36.1 Å². The molecule has 0 spiro atoms. The number of fused-ring (bicyclic) bond motifs is 1. The summed E-state index contributed by atoms with van der Waals surface area (Å²) in [5.74, 6) is 0.315. The van der Waals surface area contributed by atoms with Crippen LogP contribution in [0.4, 0.5) is 10.2 Å². The summed E-state index contributed by atoms with van der Waals surface area (Å²) in [7, 11) is 1.46. The monoisotopic (exact) mass is 450 g/mol. The molecule has 33 heavy (non-hydrogen) atoms. The summed E-state index contributed by atoms with van der Waals surface area (Å²) in [5.41, 5.74) is 3.05. The SMILES string of the molecule is COc1cc([C@H](C)C(=O)N2CCCCc3cc(-c4ncccn4)c(C)nc3NC2)c(F)cn1. The van der Waals surface area contributed by atoms with E-state index in [2.05, 4.69) is 26.3 Å². The van der Waals surface area contributed by atoms with E-state index in [1.165, 1.54) is 13.2 Å². The first kappa shape index (κ1) is 22.6. The van der Waals surface area contributed by atoms with Crippen molar-refractivity contribution in [3.8, 4) is 17.3 Å². The Morgan fingerprint density at radius 1 is 1.21 bits per heavy atom. The zero-order valence-electron chi connectivity index (χ0n) is 19.0. The van der Waals surface area contributed by atoms with Crippen molar-refractivity contribution in [2.45, 2.75) is 39.0 Å². The average molecular weight is 451 g/mol. The molecule has 3 aromatic heterocycles. The number of rotatable bonds is 4. The zero-order valence-corrected chi connectivity index (χ0v) is 19.0. The first-order valence-electron chi connectivity index (χ1n) is 11.0. The van der Waals surface area contributed by atoms with Gasteiger partial charge >= 0.3 is 0 Å². The molecule has 8 nitrogen and oxygen atoms in total. The zero-order chi connectivity index (χ0) is 23.4. The number of amides is 1. The Balaban J connectivity index is 1.56. The number of aryl methyl sites for hydroxylation is 2. The van der Waals surface area contributed by atoms with Crippen LogP contribution in [0.25, 0.3) is 11.4 Å². The van der Waals surface area contributed by atoms with E-state index in [1.54, 1.807) is 30.3 Å². The lowest BCUT2D eigenvalue weighted by Crippen LogP contribution is -2.39. The number of nitrogens with zero attached hydrogens (tertiary/aromatic N) is 5. The second-order valence-electron chi connectivity index (χ2n) is 8.07. The average Bonchev–Trinajstić information content (AvgIpc) is 2.94. The van der Waals surface area contributed by atoms with E-state index < -0.39 is 11.7 Å². The summed E-state index contributed by atoms with van der Waals surface area (Å²) in [6, 6.07) is 5.35. The third-order valence-electron chi connectivity index (χ3n) is 5.88. The second-order valence-corrected chi connectivity index (χ2v) is 8.07. The Morgan fingerprint density at radius 3 is 2.76 bits per heavy atom. The predicted octanol–water partition coefficient (Wildman–Crippen LogP) is 3.73. The van der Waals surface area contributed by atoms with Gasteiger partial charge < -0.3 is 15.0 Å². The van der Waals surface area contributed by atoms with E-state index in [0.29, 0.717) is 12.4 Å². The van der Waals surface area contributed by atoms with Crippen molar-refractivity contribution in [3.63, 3.8) is 0 Å². The molecule has 0 saturated heterocycles. The van der Waals surface area contributed by atoms with Crippen LogP contribution in [-0.2, 0) is 11.2 Å². The molecular weight excluding hydrogens is 423 g/mol. The van der Waals surface area contributed by atoms with Crippen LogP contribution in [-0.4, -0.2) is 51.1 Å². The molecule has 172 valence electrons. The van der Waals surface area contributed by atoms with Crippen LogP contribution < -0.4 is 10.1 Å². The molecule has 1 aliphatic heterocycles. The molecule has 3 aromatic rings. The van der Waals surface area contributed by atoms with E-state index in [9.17, 15) is 9.18 Å². The summed E-state index contributed by atoms with van der Waals surface area (Å²) in [6.07, 6.45) is 7.06. The number of anilines is 1. The number of carbonyl (C=O) groups excluding carboxylic acids is 1. The van der Waals surface area contributed by atoms with Gasteiger partial charge in [-0.3, -0.25) is 4.79 Å². The predicted molar refractivity (Wildman–Crippen MR) is 122 cm³/mol. The van der Waals surface area contributed by atoms with Crippen LogP contribution in [0, 0.1) is 12.7 Å². The number of halogens is 1. The Kier molecular flexibility index (Phi) is 6.76. The number of aromatic nitrogens is 4. The van der Waals surface area contributed by atoms with Gasteiger partial charge in [0.1, 0.15) is 11.6 Å². The summed E-state index contributed by atoms with van der Waals surface area (Å²) in [4.78, 5) is 32.3. The van der Waals surface area contributed by atoms with Crippen LogP contribution in [0.2, 0.25) is 0 Å². The molecule has 0 fully saturated rings.